The molecule has 20 heavy (non-hydrogen) atoms. The fourth-order valence-corrected chi connectivity index (χ4v) is 3.06. The number of hydrogen-bond acceptors (Lipinski definition) is 3. The average molecular weight is 274 g/mol. The number of ether oxygens (including phenoxy) is 1. The normalized spacial score (nSPS) is 24.8. The van der Waals surface area contributed by atoms with Crippen LogP contribution in [-0.4, -0.2) is 31.2 Å². The molecule has 0 spiro atoms. The van der Waals surface area contributed by atoms with Gasteiger partial charge in [0, 0.05) is 25.3 Å². The molecule has 2 N–H and O–H groups in total. The highest BCUT2D eigenvalue weighted by Gasteiger charge is 2.33. The van der Waals surface area contributed by atoms with Crippen molar-refractivity contribution in [3.63, 3.8) is 0 Å². The van der Waals surface area contributed by atoms with Crippen LogP contribution in [0.4, 0.5) is 0 Å². The van der Waals surface area contributed by atoms with Gasteiger partial charge in [0.15, 0.2) is 0 Å². The third-order valence-corrected chi connectivity index (χ3v) is 4.39. The lowest BCUT2D eigenvalue weighted by atomic mass is 9.90. The first-order valence-electron chi connectivity index (χ1n) is 7.39. The number of amides is 1. The summed E-state index contributed by atoms with van der Waals surface area (Å²) < 4.78 is 5.38. The Hall–Kier alpha value is -1.39. The van der Waals surface area contributed by atoms with E-state index in [1.807, 2.05) is 12.1 Å². The van der Waals surface area contributed by atoms with Gasteiger partial charge in [-0.25, -0.2) is 0 Å². The van der Waals surface area contributed by atoms with Gasteiger partial charge in [0.1, 0.15) is 6.04 Å². The Morgan fingerprint density at radius 3 is 2.90 bits per heavy atom. The maximum atomic E-state index is 12.6. The topological polar surface area (TPSA) is 50.4 Å². The molecule has 108 valence electrons. The molecule has 1 amide bonds. The van der Waals surface area contributed by atoms with Gasteiger partial charge in [-0.2, -0.15) is 0 Å². The van der Waals surface area contributed by atoms with Crippen LogP contribution < -0.4 is 10.6 Å². The first kappa shape index (κ1) is 13.6. The van der Waals surface area contributed by atoms with Crippen LogP contribution in [0.3, 0.4) is 0 Å². The molecule has 1 aromatic carbocycles. The molecule has 2 heterocycles. The fourth-order valence-electron chi connectivity index (χ4n) is 3.06. The summed E-state index contributed by atoms with van der Waals surface area (Å²) in [5, 5.41) is 6.56. The lowest BCUT2D eigenvalue weighted by Crippen LogP contribution is -2.53. The van der Waals surface area contributed by atoms with Crippen molar-refractivity contribution in [3.8, 4) is 0 Å². The second-order valence-corrected chi connectivity index (χ2v) is 6.00. The summed E-state index contributed by atoms with van der Waals surface area (Å²) in [6, 6.07) is 7.99. The predicted molar refractivity (Wildman–Crippen MR) is 77.5 cm³/mol. The third-order valence-electron chi connectivity index (χ3n) is 4.39. The van der Waals surface area contributed by atoms with Gasteiger partial charge < -0.3 is 15.4 Å². The molecule has 2 aliphatic rings. The molecule has 0 aromatic heterocycles. The number of carbonyl (C=O) groups excluding carboxylic acids is 1. The molecular formula is C16H22N2O2. The van der Waals surface area contributed by atoms with E-state index in [0.29, 0.717) is 0 Å². The largest absolute Gasteiger partial charge is 0.381 e. The summed E-state index contributed by atoms with van der Waals surface area (Å²) in [6.07, 6.45) is 2.76. The number of nitrogens with one attached hydrogen (secondary N) is 2. The maximum absolute atomic E-state index is 12.6. The molecule has 3 rings (SSSR count). The van der Waals surface area contributed by atoms with E-state index >= 15 is 0 Å². The summed E-state index contributed by atoms with van der Waals surface area (Å²) in [4.78, 5) is 12.6. The fraction of sp³-hybridized carbons (Fsp3) is 0.562. The molecule has 0 saturated carbocycles. The quantitative estimate of drug-likeness (QED) is 0.860. The van der Waals surface area contributed by atoms with Gasteiger partial charge in [-0.15, -0.1) is 0 Å². The summed E-state index contributed by atoms with van der Waals surface area (Å²) in [6.45, 7) is 4.42. The van der Waals surface area contributed by atoms with Crippen LogP contribution in [0.5, 0.6) is 0 Å². The van der Waals surface area contributed by atoms with Crippen molar-refractivity contribution in [1.82, 2.24) is 10.6 Å². The van der Waals surface area contributed by atoms with E-state index in [0.717, 1.165) is 44.6 Å². The molecule has 2 aliphatic heterocycles. The van der Waals surface area contributed by atoms with Crippen LogP contribution >= 0.6 is 0 Å². The summed E-state index contributed by atoms with van der Waals surface area (Å²) in [5.41, 5.74) is 2.26. The first-order valence-corrected chi connectivity index (χ1v) is 7.39. The lowest BCUT2D eigenvalue weighted by Gasteiger charge is -2.36. The maximum Gasteiger partial charge on any atom is 0.242 e. The van der Waals surface area contributed by atoms with Crippen molar-refractivity contribution in [2.45, 2.75) is 37.8 Å². The molecule has 4 heteroatoms. The Morgan fingerprint density at radius 2 is 2.10 bits per heavy atom. The molecule has 1 saturated heterocycles. The van der Waals surface area contributed by atoms with Crippen molar-refractivity contribution in [3.05, 3.63) is 35.4 Å². The zero-order chi connectivity index (χ0) is 14.0. The van der Waals surface area contributed by atoms with Crippen LogP contribution in [0.2, 0.25) is 0 Å². The smallest absolute Gasteiger partial charge is 0.242 e. The number of benzene rings is 1. The standard InChI is InChI=1S/C16H22N2O2/c1-16(7-10-20-11-8-16)18-15(19)14-13-5-3-2-4-12(13)6-9-17-14/h2-5,14,17H,6-11H2,1H3,(H,18,19). The van der Waals surface area contributed by atoms with Crippen LogP contribution in [0.15, 0.2) is 24.3 Å². The van der Waals surface area contributed by atoms with Gasteiger partial charge in [0.2, 0.25) is 5.91 Å². The van der Waals surface area contributed by atoms with E-state index < -0.39 is 0 Å². The summed E-state index contributed by atoms with van der Waals surface area (Å²) >= 11 is 0. The van der Waals surface area contributed by atoms with Gasteiger partial charge in [0.25, 0.3) is 0 Å². The Balaban J connectivity index is 1.75. The van der Waals surface area contributed by atoms with Crippen LogP contribution in [0, 0.1) is 0 Å². The summed E-state index contributed by atoms with van der Waals surface area (Å²) in [7, 11) is 0. The van der Waals surface area contributed by atoms with Crippen LogP contribution in [-0.2, 0) is 16.0 Å². The van der Waals surface area contributed by atoms with Crippen molar-refractivity contribution in [2.75, 3.05) is 19.8 Å². The molecular weight excluding hydrogens is 252 g/mol. The number of hydrogen-bond donors (Lipinski definition) is 2. The molecule has 1 atom stereocenters. The first-order chi connectivity index (χ1) is 9.68. The minimum absolute atomic E-state index is 0.0848. The monoisotopic (exact) mass is 274 g/mol. The van der Waals surface area contributed by atoms with Crippen molar-refractivity contribution in [2.24, 2.45) is 0 Å². The van der Waals surface area contributed by atoms with Crippen LogP contribution in [0.1, 0.15) is 36.9 Å². The van der Waals surface area contributed by atoms with Gasteiger partial charge >= 0.3 is 0 Å². The van der Waals surface area contributed by atoms with Crippen molar-refractivity contribution < 1.29 is 9.53 Å². The minimum atomic E-state index is -0.223. The summed E-state index contributed by atoms with van der Waals surface area (Å²) in [5.74, 6) is 0.0848. The number of carbonyl (C=O) groups is 1. The van der Waals surface area contributed by atoms with Crippen molar-refractivity contribution in [1.29, 1.82) is 0 Å². The highest BCUT2D eigenvalue weighted by atomic mass is 16.5. The van der Waals surface area contributed by atoms with Gasteiger partial charge in [-0.1, -0.05) is 24.3 Å². The molecule has 1 aromatic rings. The Bertz CT molecular complexity index is 495. The highest BCUT2D eigenvalue weighted by molar-refractivity contribution is 5.84. The molecule has 1 fully saturated rings. The van der Waals surface area contributed by atoms with E-state index in [1.54, 1.807) is 0 Å². The van der Waals surface area contributed by atoms with E-state index in [1.165, 1.54) is 5.56 Å². The van der Waals surface area contributed by atoms with E-state index in [9.17, 15) is 4.79 Å². The second kappa shape index (κ2) is 5.54. The molecule has 0 bridgehead atoms. The number of fused-ring (bicyclic) bond motifs is 1. The van der Waals surface area contributed by atoms with Crippen molar-refractivity contribution >= 4 is 5.91 Å². The third kappa shape index (κ3) is 2.72. The van der Waals surface area contributed by atoms with E-state index in [4.69, 9.17) is 4.74 Å². The molecule has 1 unspecified atom stereocenters. The second-order valence-electron chi connectivity index (χ2n) is 6.00. The minimum Gasteiger partial charge on any atom is -0.381 e. The Labute approximate surface area is 119 Å². The molecule has 0 radical (unpaired) electrons. The van der Waals surface area contributed by atoms with Gasteiger partial charge in [-0.3, -0.25) is 4.79 Å². The van der Waals surface area contributed by atoms with E-state index in [-0.39, 0.29) is 17.5 Å². The van der Waals surface area contributed by atoms with E-state index in [2.05, 4.69) is 29.7 Å². The zero-order valence-electron chi connectivity index (χ0n) is 11.9. The average Bonchev–Trinajstić information content (AvgIpc) is 2.47. The SMILES string of the molecule is CC1(NC(=O)C2NCCc3ccccc32)CCOCC1. The molecule has 0 aliphatic carbocycles. The Morgan fingerprint density at radius 1 is 1.35 bits per heavy atom. The Kier molecular flexibility index (Phi) is 3.76. The lowest BCUT2D eigenvalue weighted by molar-refractivity contribution is -0.126. The highest BCUT2D eigenvalue weighted by Crippen LogP contribution is 2.25. The van der Waals surface area contributed by atoms with Gasteiger partial charge in [0.05, 0.1) is 0 Å². The van der Waals surface area contributed by atoms with Crippen LogP contribution in [0.25, 0.3) is 0 Å². The zero-order valence-corrected chi connectivity index (χ0v) is 11.9. The van der Waals surface area contributed by atoms with Gasteiger partial charge in [-0.05, 0) is 37.3 Å². The number of rotatable bonds is 2. The molecule has 4 nitrogen and oxygen atoms in total. The predicted octanol–water partition coefficient (Wildman–Crippen LogP) is 1.56.